The largest absolute Gasteiger partial charge is 0.465 e. The molecule has 2 atom stereocenters. The summed E-state index contributed by atoms with van der Waals surface area (Å²) in [5.41, 5.74) is 1.22. The molecule has 0 aromatic heterocycles. The molecule has 0 bridgehead atoms. The predicted octanol–water partition coefficient (Wildman–Crippen LogP) is 3.08. The molecule has 4 heteroatoms. The highest BCUT2D eigenvalue weighted by atomic mass is 35.5. The summed E-state index contributed by atoms with van der Waals surface area (Å²) in [6, 6.07) is 7.79. The van der Waals surface area contributed by atoms with Crippen molar-refractivity contribution in [3.8, 4) is 0 Å². The first-order valence-corrected chi connectivity index (χ1v) is 7.12. The number of piperidine rings is 1. The zero-order valence-electron chi connectivity index (χ0n) is 11.4. The fraction of sp³-hybridized carbons (Fsp3) is 0.533. The van der Waals surface area contributed by atoms with Crippen molar-refractivity contribution >= 4 is 17.6 Å². The van der Waals surface area contributed by atoms with E-state index in [9.17, 15) is 4.79 Å². The van der Waals surface area contributed by atoms with Gasteiger partial charge >= 0.3 is 5.97 Å². The highest BCUT2D eigenvalue weighted by Gasteiger charge is 2.32. The Hall–Kier alpha value is -1.06. The van der Waals surface area contributed by atoms with Gasteiger partial charge in [0, 0.05) is 5.02 Å². The van der Waals surface area contributed by atoms with Crippen LogP contribution in [0.25, 0.3) is 0 Å². The minimum absolute atomic E-state index is 0.114. The maximum absolute atomic E-state index is 12.0. The van der Waals surface area contributed by atoms with Gasteiger partial charge in [0.2, 0.25) is 0 Å². The van der Waals surface area contributed by atoms with E-state index in [1.807, 2.05) is 32.2 Å². The maximum Gasteiger partial charge on any atom is 0.323 e. The molecule has 19 heavy (non-hydrogen) atoms. The van der Waals surface area contributed by atoms with E-state index in [2.05, 4.69) is 11.0 Å². The van der Waals surface area contributed by atoms with Gasteiger partial charge in [-0.05, 0) is 57.0 Å². The van der Waals surface area contributed by atoms with Gasteiger partial charge in [0.1, 0.15) is 6.04 Å². The van der Waals surface area contributed by atoms with Crippen molar-refractivity contribution in [1.82, 2.24) is 4.90 Å². The number of carbonyl (C=O) groups excluding carboxylic acids is 1. The lowest BCUT2D eigenvalue weighted by Crippen LogP contribution is -2.45. The molecule has 0 saturated carbocycles. The maximum atomic E-state index is 12.0. The Morgan fingerprint density at radius 2 is 2.32 bits per heavy atom. The zero-order valence-corrected chi connectivity index (χ0v) is 12.2. The van der Waals surface area contributed by atoms with Crippen molar-refractivity contribution in [1.29, 1.82) is 0 Å². The molecule has 1 fully saturated rings. The van der Waals surface area contributed by atoms with E-state index < -0.39 is 0 Å². The molecular formula is C15H20ClNO2. The Bertz CT molecular complexity index is 450. The third-order valence-electron chi connectivity index (χ3n) is 3.75. The summed E-state index contributed by atoms with van der Waals surface area (Å²) >= 11 is 6.04. The van der Waals surface area contributed by atoms with Crippen LogP contribution in [-0.2, 0) is 9.53 Å². The van der Waals surface area contributed by atoms with Crippen LogP contribution in [0.3, 0.4) is 0 Å². The van der Waals surface area contributed by atoms with Crippen molar-refractivity contribution in [3.63, 3.8) is 0 Å². The molecule has 1 saturated heterocycles. The van der Waals surface area contributed by atoms with Gasteiger partial charge in [-0.25, -0.2) is 0 Å². The van der Waals surface area contributed by atoms with Crippen molar-refractivity contribution in [2.24, 2.45) is 0 Å². The molecule has 1 aliphatic rings. The predicted molar refractivity (Wildman–Crippen MR) is 76.5 cm³/mol. The van der Waals surface area contributed by atoms with E-state index in [0.29, 0.717) is 12.5 Å². The van der Waals surface area contributed by atoms with Crippen LogP contribution in [0.1, 0.15) is 31.2 Å². The fourth-order valence-corrected chi connectivity index (χ4v) is 2.86. The van der Waals surface area contributed by atoms with Gasteiger partial charge in [-0.1, -0.05) is 23.7 Å². The number of carbonyl (C=O) groups is 1. The zero-order chi connectivity index (χ0) is 13.8. The van der Waals surface area contributed by atoms with Gasteiger partial charge in [0.05, 0.1) is 6.61 Å². The highest BCUT2D eigenvalue weighted by molar-refractivity contribution is 6.30. The van der Waals surface area contributed by atoms with E-state index in [4.69, 9.17) is 16.3 Å². The summed E-state index contributed by atoms with van der Waals surface area (Å²) in [6.45, 7) is 3.18. The molecular weight excluding hydrogens is 262 g/mol. The molecule has 2 unspecified atom stereocenters. The van der Waals surface area contributed by atoms with Crippen LogP contribution >= 0.6 is 11.6 Å². The van der Waals surface area contributed by atoms with E-state index in [1.54, 1.807) is 0 Å². The first-order chi connectivity index (χ1) is 9.11. The number of likely N-dealkylation sites (N-methyl/N-ethyl adjacent to an activating group) is 1. The van der Waals surface area contributed by atoms with Crippen LogP contribution in [0.5, 0.6) is 0 Å². The van der Waals surface area contributed by atoms with Crippen LogP contribution in [0.2, 0.25) is 5.02 Å². The topological polar surface area (TPSA) is 29.5 Å². The van der Waals surface area contributed by atoms with Crippen LogP contribution < -0.4 is 0 Å². The van der Waals surface area contributed by atoms with Crippen LogP contribution in [0.4, 0.5) is 0 Å². The lowest BCUT2D eigenvalue weighted by molar-refractivity contribution is -0.150. The first-order valence-electron chi connectivity index (χ1n) is 6.74. The quantitative estimate of drug-likeness (QED) is 0.798. The van der Waals surface area contributed by atoms with E-state index in [1.165, 1.54) is 5.56 Å². The summed E-state index contributed by atoms with van der Waals surface area (Å²) in [6.07, 6.45) is 1.85. The Balaban J connectivity index is 2.10. The average Bonchev–Trinajstić information content (AvgIpc) is 2.39. The molecule has 1 aliphatic heterocycles. The lowest BCUT2D eigenvalue weighted by Gasteiger charge is -2.35. The smallest absolute Gasteiger partial charge is 0.323 e. The molecule has 0 aliphatic carbocycles. The second kappa shape index (κ2) is 6.40. The van der Waals surface area contributed by atoms with E-state index in [0.717, 1.165) is 24.4 Å². The van der Waals surface area contributed by atoms with Crippen molar-refractivity contribution in [2.75, 3.05) is 20.2 Å². The van der Waals surface area contributed by atoms with Gasteiger partial charge in [0.25, 0.3) is 0 Å². The van der Waals surface area contributed by atoms with Crippen LogP contribution in [0, 0.1) is 0 Å². The Kier molecular flexibility index (Phi) is 4.83. The van der Waals surface area contributed by atoms with Gasteiger partial charge in [-0.3, -0.25) is 9.69 Å². The number of halogens is 1. The summed E-state index contributed by atoms with van der Waals surface area (Å²) < 4.78 is 5.15. The summed E-state index contributed by atoms with van der Waals surface area (Å²) in [4.78, 5) is 14.0. The van der Waals surface area contributed by atoms with Gasteiger partial charge in [-0.2, -0.15) is 0 Å². The van der Waals surface area contributed by atoms with Crippen molar-refractivity contribution in [3.05, 3.63) is 34.9 Å². The molecule has 3 nitrogen and oxygen atoms in total. The molecule has 104 valence electrons. The van der Waals surface area contributed by atoms with Gasteiger partial charge in [0.15, 0.2) is 0 Å². The third-order valence-corrected chi connectivity index (χ3v) is 3.98. The van der Waals surface area contributed by atoms with Crippen molar-refractivity contribution in [2.45, 2.75) is 31.7 Å². The molecule has 2 rings (SSSR count). The van der Waals surface area contributed by atoms with Crippen molar-refractivity contribution < 1.29 is 9.53 Å². The Labute approximate surface area is 119 Å². The number of benzene rings is 1. The number of ether oxygens (including phenoxy) is 1. The normalized spacial score (nSPS) is 24.2. The molecule has 1 heterocycles. The molecule has 1 aromatic carbocycles. The standard InChI is InChI=1S/C15H20ClNO2/c1-3-19-15(18)14-10-12(7-8-17(14)2)11-5-4-6-13(16)9-11/h4-6,9,12,14H,3,7-8,10H2,1-2H3. The summed E-state index contributed by atoms with van der Waals surface area (Å²) in [5, 5.41) is 0.754. The van der Waals surface area contributed by atoms with Gasteiger partial charge < -0.3 is 4.74 Å². The molecule has 0 radical (unpaired) electrons. The molecule has 0 spiro atoms. The minimum atomic E-state index is -0.141. The fourth-order valence-electron chi connectivity index (χ4n) is 2.66. The van der Waals surface area contributed by atoms with Gasteiger partial charge in [-0.15, -0.1) is 0 Å². The third kappa shape index (κ3) is 3.48. The van der Waals surface area contributed by atoms with Crippen LogP contribution in [0.15, 0.2) is 24.3 Å². The summed E-state index contributed by atoms with van der Waals surface area (Å²) in [5.74, 6) is 0.265. The SMILES string of the molecule is CCOC(=O)C1CC(c2cccc(Cl)c2)CCN1C. The summed E-state index contributed by atoms with van der Waals surface area (Å²) in [7, 11) is 1.98. The molecule has 1 aromatic rings. The highest BCUT2D eigenvalue weighted by Crippen LogP contribution is 2.32. The average molecular weight is 282 g/mol. The first kappa shape index (κ1) is 14.4. The number of hydrogen-bond donors (Lipinski definition) is 0. The van der Waals surface area contributed by atoms with E-state index >= 15 is 0 Å². The Morgan fingerprint density at radius 3 is 3.00 bits per heavy atom. The van der Waals surface area contributed by atoms with Crippen LogP contribution in [-0.4, -0.2) is 37.1 Å². The number of hydrogen-bond acceptors (Lipinski definition) is 3. The second-order valence-electron chi connectivity index (χ2n) is 5.02. The molecule has 0 N–H and O–H groups in total. The monoisotopic (exact) mass is 281 g/mol. The second-order valence-corrected chi connectivity index (χ2v) is 5.46. The Morgan fingerprint density at radius 1 is 1.53 bits per heavy atom. The van der Waals surface area contributed by atoms with E-state index in [-0.39, 0.29) is 12.0 Å². The number of nitrogens with zero attached hydrogens (tertiary/aromatic N) is 1. The minimum Gasteiger partial charge on any atom is -0.465 e. The number of esters is 1. The number of rotatable bonds is 3. The number of likely N-dealkylation sites (tertiary alicyclic amines) is 1. The molecule has 0 amide bonds. The lowest BCUT2D eigenvalue weighted by atomic mass is 9.85.